The number of allylic oxidation sites excluding steroid dienone is 1. The van der Waals surface area contributed by atoms with Crippen molar-refractivity contribution < 1.29 is 14.3 Å². The van der Waals surface area contributed by atoms with Crippen LogP contribution in [0.5, 0.6) is 5.75 Å². The minimum absolute atomic E-state index is 0.260. The van der Waals surface area contributed by atoms with E-state index in [4.69, 9.17) is 9.47 Å². The first kappa shape index (κ1) is 19.9. The fourth-order valence-electron chi connectivity index (χ4n) is 4.87. The molecule has 0 saturated heterocycles. The maximum absolute atomic E-state index is 12.1. The largest absolute Gasteiger partial charge is 0.490 e. The molecule has 3 aromatic rings. The van der Waals surface area contributed by atoms with Crippen LogP contribution in [0.1, 0.15) is 50.2 Å². The molecule has 3 nitrogen and oxygen atoms in total. The molecule has 1 saturated carbocycles. The molecule has 0 N–H and O–H groups in total. The molecule has 5 rings (SSSR count). The van der Waals surface area contributed by atoms with Crippen molar-refractivity contribution >= 4 is 22.3 Å². The molecule has 31 heavy (non-hydrogen) atoms. The van der Waals surface area contributed by atoms with Crippen LogP contribution in [0.2, 0.25) is 0 Å². The van der Waals surface area contributed by atoms with Gasteiger partial charge in [0.05, 0.1) is 12.7 Å². The minimum atomic E-state index is -0.260. The Hall–Kier alpha value is -3.07. The Bertz CT molecular complexity index is 1150. The highest BCUT2D eigenvalue weighted by molar-refractivity contribution is 5.95. The van der Waals surface area contributed by atoms with E-state index >= 15 is 0 Å². The SMILES string of the molecule is CCOC(=O)/C=C1\CCc2cc(OC3CCCC3)c(-c3ccc4ccccc4c3)cc21. The third-order valence-corrected chi connectivity index (χ3v) is 6.45. The number of ether oxygens (including phenoxy) is 2. The van der Waals surface area contributed by atoms with Gasteiger partial charge in [-0.25, -0.2) is 4.79 Å². The highest BCUT2D eigenvalue weighted by atomic mass is 16.5. The molecule has 158 valence electrons. The molecule has 2 aliphatic carbocycles. The third-order valence-electron chi connectivity index (χ3n) is 6.45. The lowest BCUT2D eigenvalue weighted by Gasteiger charge is -2.19. The second-order valence-electron chi connectivity index (χ2n) is 8.51. The summed E-state index contributed by atoms with van der Waals surface area (Å²) in [5, 5.41) is 2.45. The van der Waals surface area contributed by atoms with E-state index < -0.39 is 0 Å². The van der Waals surface area contributed by atoms with Gasteiger partial charge in [0.15, 0.2) is 0 Å². The minimum Gasteiger partial charge on any atom is -0.490 e. The quantitative estimate of drug-likeness (QED) is 0.345. The Kier molecular flexibility index (Phi) is 5.50. The number of hydrogen-bond donors (Lipinski definition) is 0. The Balaban J connectivity index is 1.60. The molecular formula is C28H28O3. The number of rotatable bonds is 5. The summed E-state index contributed by atoms with van der Waals surface area (Å²) in [7, 11) is 0. The van der Waals surface area contributed by atoms with Gasteiger partial charge >= 0.3 is 5.97 Å². The fraction of sp³-hybridized carbons (Fsp3) is 0.321. The summed E-state index contributed by atoms with van der Waals surface area (Å²) in [6.45, 7) is 2.23. The number of benzene rings is 3. The van der Waals surface area contributed by atoms with Crippen LogP contribution in [0.25, 0.3) is 27.5 Å². The normalized spacial score (nSPS) is 17.3. The lowest BCUT2D eigenvalue weighted by atomic mass is 9.96. The molecule has 3 heteroatoms. The molecule has 0 aliphatic heterocycles. The summed E-state index contributed by atoms with van der Waals surface area (Å²) < 4.78 is 11.7. The van der Waals surface area contributed by atoms with Crippen LogP contribution in [0, 0.1) is 0 Å². The summed E-state index contributed by atoms with van der Waals surface area (Å²) in [4.78, 5) is 12.1. The van der Waals surface area contributed by atoms with E-state index in [-0.39, 0.29) is 5.97 Å². The zero-order valence-corrected chi connectivity index (χ0v) is 18.0. The van der Waals surface area contributed by atoms with Crippen LogP contribution in [-0.2, 0) is 16.0 Å². The Morgan fingerprint density at radius 2 is 1.77 bits per heavy atom. The second-order valence-corrected chi connectivity index (χ2v) is 8.51. The maximum Gasteiger partial charge on any atom is 0.331 e. The van der Waals surface area contributed by atoms with Crippen molar-refractivity contribution in [1.82, 2.24) is 0 Å². The average molecular weight is 413 g/mol. The molecule has 0 heterocycles. The van der Waals surface area contributed by atoms with Crippen LogP contribution in [-0.4, -0.2) is 18.7 Å². The van der Waals surface area contributed by atoms with E-state index in [0.29, 0.717) is 12.7 Å². The van der Waals surface area contributed by atoms with Crippen molar-refractivity contribution in [2.75, 3.05) is 6.61 Å². The Morgan fingerprint density at radius 1 is 0.968 bits per heavy atom. The first-order valence-corrected chi connectivity index (χ1v) is 11.4. The monoisotopic (exact) mass is 412 g/mol. The van der Waals surface area contributed by atoms with Crippen LogP contribution in [0.3, 0.4) is 0 Å². The van der Waals surface area contributed by atoms with Gasteiger partial charge in [-0.05, 0) is 96.7 Å². The van der Waals surface area contributed by atoms with Gasteiger partial charge in [-0.3, -0.25) is 0 Å². The standard InChI is InChI=1S/C28H28O3/c1-2-30-28(29)17-23-14-13-22-16-27(31-24-9-5-6-10-24)26(18-25(22)23)21-12-11-19-7-3-4-8-20(19)15-21/h3-4,7-8,11-12,15-18,24H,2,5-6,9-10,13-14H2,1H3/b23-17+. The molecule has 2 aliphatic rings. The molecule has 0 unspecified atom stereocenters. The van der Waals surface area contributed by atoms with E-state index in [1.807, 2.05) is 6.92 Å². The third kappa shape index (κ3) is 4.10. The molecule has 0 spiro atoms. The fourth-order valence-corrected chi connectivity index (χ4v) is 4.87. The number of esters is 1. The van der Waals surface area contributed by atoms with E-state index in [0.717, 1.165) is 53.7 Å². The second kappa shape index (κ2) is 8.58. The van der Waals surface area contributed by atoms with Gasteiger partial charge in [0.1, 0.15) is 5.75 Å². The molecule has 0 bridgehead atoms. The van der Waals surface area contributed by atoms with E-state index in [1.165, 1.54) is 29.2 Å². The molecular weight excluding hydrogens is 384 g/mol. The topological polar surface area (TPSA) is 35.5 Å². The average Bonchev–Trinajstić information content (AvgIpc) is 3.43. The molecule has 0 amide bonds. The van der Waals surface area contributed by atoms with Gasteiger partial charge in [-0.15, -0.1) is 0 Å². The summed E-state index contributed by atoms with van der Waals surface area (Å²) >= 11 is 0. The number of hydrogen-bond acceptors (Lipinski definition) is 3. The highest BCUT2D eigenvalue weighted by Gasteiger charge is 2.24. The van der Waals surface area contributed by atoms with E-state index in [9.17, 15) is 4.79 Å². The van der Waals surface area contributed by atoms with Gasteiger partial charge in [0.2, 0.25) is 0 Å². The zero-order chi connectivity index (χ0) is 21.2. The molecule has 0 aromatic heterocycles. The summed E-state index contributed by atoms with van der Waals surface area (Å²) in [5.41, 5.74) is 5.72. The van der Waals surface area contributed by atoms with Crippen LogP contribution in [0.4, 0.5) is 0 Å². The van der Waals surface area contributed by atoms with Crippen LogP contribution < -0.4 is 4.74 Å². The molecule has 3 aromatic carbocycles. The smallest absolute Gasteiger partial charge is 0.331 e. The zero-order valence-electron chi connectivity index (χ0n) is 18.0. The van der Waals surface area contributed by atoms with Gasteiger partial charge in [-0.2, -0.15) is 0 Å². The van der Waals surface area contributed by atoms with Gasteiger partial charge in [0, 0.05) is 11.6 Å². The van der Waals surface area contributed by atoms with Crippen LogP contribution >= 0.6 is 0 Å². The molecule has 1 fully saturated rings. The summed E-state index contributed by atoms with van der Waals surface area (Å²) in [6, 6.07) is 19.5. The predicted octanol–water partition coefficient (Wildman–Crippen LogP) is 6.72. The van der Waals surface area contributed by atoms with Gasteiger partial charge in [0.25, 0.3) is 0 Å². The van der Waals surface area contributed by atoms with Crippen molar-refractivity contribution in [2.24, 2.45) is 0 Å². The Morgan fingerprint density at radius 3 is 2.58 bits per heavy atom. The number of fused-ring (bicyclic) bond motifs is 2. The lowest BCUT2D eigenvalue weighted by molar-refractivity contribution is -0.137. The first-order valence-electron chi connectivity index (χ1n) is 11.4. The number of carbonyl (C=O) groups is 1. The summed E-state index contributed by atoms with van der Waals surface area (Å²) in [6.07, 6.45) is 8.49. The first-order chi connectivity index (χ1) is 15.2. The van der Waals surface area contributed by atoms with Crippen LogP contribution in [0.15, 0.2) is 60.7 Å². The van der Waals surface area contributed by atoms with Crippen molar-refractivity contribution in [1.29, 1.82) is 0 Å². The van der Waals surface area contributed by atoms with Gasteiger partial charge < -0.3 is 9.47 Å². The van der Waals surface area contributed by atoms with Crippen molar-refractivity contribution in [3.8, 4) is 16.9 Å². The highest BCUT2D eigenvalue weighted by Crippen LogP contribution is 2.42. The Labute approximate surface area is 183 Å². The lowest BCUT2D eigenvalue weighted by Crippen LogP contribution is -2.12. The van der Waals surface area contributed by atoms with E-state index in [1.54, 1.807) is 6.08 Å². The van der Waals surface area contributed by atoms with Gasteiger partial charge in [-0.1, -0.05) is 36.4 Å². The molecule has 0 radical (unpaired) electrons. The number of aryl methyl sites for hydroxylation is 1. The van der Waals surface area contributed by atoms with Crippen molar-refractivity contribution in [3.05, 3.63) is 71.8 Å². The van der Waals surface area contributed by atoms with Crippen molar-refractivity contribution in [3.63, 3.8) is 0 Å². The maximum atomic E-state index is 12.1. The number of carbonyl (C=O) groups excluding carboxylic acids is 1. The summed E-state index contributed by atoms with van der Waals surface area (Å²) in [5.74, 6) is 0.710. The molecule has 0 atom stereocenters. The van der Waals surface area contributed by atoms with E-state index in [2.05, 4.69) is 54.6 Å². The van der Waals surface area contributed by atoms with Crippen molar-refractivity contribution in [2.45, 2.75) is 51.6 Å². The predicted molar refractivity (Wildman–Crippen MR) is 125 cm³/mol.